The van der Waals surface area contributed by atoms with E-state index >= 15 is 0 Å². The molecule has 2 saturated heterocycles. The van der Waals surface area contributed by atoms with Crippen molar-refractivity contribution in [2.24, 2.45) is 0 Å². The number of aryl methyl sites for hydroxylation is 1. The van der Waals surface area contributed by atoms with Gasteiger partial charge in [0, 0.05) is 25.0 Å². The maximum atomic E-state index is 13.8. The van der Waals surface area contributed by atoms with E-state index in [1.165, 1.54) is 11.0 Å². The van der Waals surface area contributed by atoms with Crippen LogP contribution < -0.4 is 5.32 Å². The summed E-state index contributed by atoms with van der Waals surface area (Å²) in [6, 6.07) is 8.90. The zero-order chi connectivity index (χ0) is 29.5. The molecule has 2 heterocycles. The van der Waals surface area contributed by atoms with Crippen LogP contribution in [0.1, 0.15) is 57.1 Å². The number of ether oxygens (including phenoxy) is 1. The average molecular weight is 560 g/mol. The van der Waals surface area contributed by atoms with Crippen LogP contribution in [0.2, 0.25) is 0 Å². The third-order valence-electron chi connectivity index (χ3n) is 7.62. The maximum Gasteiger partial charge on any atom is 0.475 e. The highest BCUT2D eigenvalue weighted by Gasteiger charge is 2.43. The zero-order valence-electron chi connectivity index (χ0n) is 23.4. The zero-order valence-corrected chi connectivity index (χ0v) is 23.4. The van der Waals surface area contributed by atoms with Crippen molar-refractivity contribution in [1.82, 2.24) is 15.1 Å². The van der Waals surface area contributed by atoms with E-state index in [-0.39, 0.29) is 31.6 Å². The lowest BCUT2D eigenvalue weighted by atomic mass is 9.76. The number of alkyl halides is 2. The quantitative estimate of drug-likeness (QED) is 0.241. The molecule has 1 aromatic rings. The van der Waals surface area contributed by atoms with Crippen LogP contribution in [-0.2, 0) is 16.0 Å². The summed E-state index contributed by atoms with van der Waals surface area (Å²) in [6.07, 6.45) is 3.42. The number of carbonyl (C=O) groups is 2. The summed E-state index contributed by atoms with van der Waals surface area (Å²) in [4.78, 5) is 29.2. The first kappa shape index (κ1) is 31.5. The second kappa shape index (κ2) is 13.6. The summed E-state index contributed by atoms with van der Waals surface area (Å²) < 4.78 is 33.0. The minimum absolute atomic E-state index is 0.141. The van der Waals surface area contributed by atoms with E-state index in [1.54, 1.807) is 18.7 Å². The predicted molar refractivity (Wildman–Crippen MR) is 146 cm³/mol. The molecule has 9 nitrogen and oxygen atoms in total. The number of nitrogens with zero attached hydrogens (tertiary/aromatic N) is 3. The van der Waals surface area contributed by atoms with Gasteiger partial charge in [-0.2, -0.15) is 5.26 Å². The van der Waals surface area contributed by atoms with E-state index in [0.29, 0.717) is 19.4 Å². The number of nitriles is 1. The minimum atomic E-state index is -2.80. The lowest BCUT2D eigenvalue weighted by Crippen LogP contribution is -2.49. The van der Waals surface area contributed by atoms with Gasteiger partial charge in [0.2, 0.25) is 0 Å². The molecule has 3 rings (SSSR count). The van der Waals surface area contributed by atoms with Gasteiger partial charge in [-0.15, -0.1) is 0 Å². The molecule has 3 N–H and O–H groups in total. The molecule has 2 amide bonds. The van der Waals surface area contributed by atoms with Gasteiger partial charge in [0.15, 0.2) is 0 Å². The van der Waals surface area contributed by atoms with E-state index < -0.39 is 49.1 Å². The van der Waals surface area contributed by atoms with Crippen LogP contribution in [0.3, 0.4) is 0 Å². The van der Waals surface area contributed by atoms with Gasteiger partial charge >= 0.3 is 13.2 Å². The van der Waals surface area contributed by atoms with Crippen LogP contribution in [0.15, 0.2) is 35.9 Å². The van der Waals surface area contributed by atoms with Crippen molar-refractivity contribution in [3.63, 3.8) is 0 Å². The molecule has 2 atom stereocenters. The van der Waals surface area contributed by atoms with E-state index in [4.69, 9.17) is 4.74 Å². The summed E-state index contributed by atoms with van der Waals surface area (Å²) in [5.74, 6) is -4.34. The Morgan fingerprint density at radius 1 is 1.25 bits per heavy atom. The summed E-state index contributed by atoms with van der Waals surface area (Å²) >= 11 is 0. The largest absolute Gasteiger partial charge is 0.475 e. The highest BCUT2D eigenvalue weighted by atomic mass is 19.3. The molecule has 0 bridgehead atoms. The van der Waals surface area contributed by atoms with Crippen LogP contribution in [-0.4, -0.2) is 88.7 Å². The molecule has 2 aliphatic rings. The topological polar surface area (TPSA) is 126 Å². The first-order valence-corrected chi connectivity index (χ1v) is 13.7. The van der Waals surface area contributed by atoms with Gasteiger partial charge in [-0.25, -0.2) is 13.6 Å². The van der Waals surface area contributed by atoms with Crippen molar-refractivity contribution in [3.8, 4) is 6.07 Å². The van der Waals surface area contributed by atoms with Gasteiger partial charge in [-0.05, 0) is 51.7 Å². The Morgan fingerprint density at radius 2 is 1.95 bits per heavy atom. The van der Waals surface area contributed by atoms with Crippen molar-refractivity contribution in [3.05, 3.63) is 47.0 Å². The summed E-state index contributed by atoms with van der Waals surface area (Å²) in [7, 11) is -1.81. The second-order valence-corrected chi connectivity index (χ2v) is 11.3. The Balaban J connectivity index is 1.66. The predicted octanol–water partition coefficient (Wildman–Crippen LogP) is 2.99. The van der Waals surface area contributed by atoms with E-state index in [1.807, 2.05) is 37.3 Å². The van der Waals surface area contributed by atoms with Crippen LogP contribution in [0.5, 0.6) is 0 Å². The Hall–Kier alpha value is -3.01. The lowest BCUT2D eigenvalue weighted by Gasteiger charge is -2.34. The van der Waals surface area contributed by atoms with Gasteiger partial charge in [0.25, 0.3) is 11.8 Å². The molecule has 0 radical (unpaired) electrons. The van der Waals surface area contributed by atoms with Gasteiger partial charge in [0.1, 0.15) is 18.2 Å². The molecule has 2 aliphatic heterocycles. The first-order valence-electron chi connectivity index (χ1n) is 13.7. The van der Waals surface area contributed by atoms with Gasteiger partial charge in [-0.1, -0.05) is 42.7 Å². The van der Waals surface area contributed by atoms with Crippen molar-refractivity contribution >= 4 is 19.1 Å². The number of hydrogen-bond acceptors (Lipinski definition) is 7. The van der Waals surface area contributed by atoms with Crippen LogP contribution in [0, 0.1) is 18.3 Å². The van der Waals surface area contributed by atoms with Gasteiger partial charge < -0.3 is 25.0 Å². The van der Waals surface area contributed by atoms with Gasteiger partial charge in [-0.3, -0.25) is 9.69 Å². The highest BCUT2D eigenvalue weighted by Crippen LogP contribution is 2.33. The molecule has 0 aliphatic carbocycles. The van der Waals surface area contributed by atoms with Crippen molar-refractivity contribution in [2.75, 3.05) is 26.2 Å². The SMILES string of the molecule is Cc1ccc(C[C@H](NC(=O)OC[C@@H]2CCCCCN2C(=O)/C(C#N)=C/C(C)(C)N2CCC(F)(F)C2)B(O)O)cc1. The van der Waals surface area contributed by atoms with E-state index in [9.17, 15) is 33.7 Å². The smallest absolute Gasteiger partial charge is 0.447 e. The molecule has 0 saturated carbocycles. The number of alkyl carbamates (subject to hydrolysis) is 1. The maximum absolute atomic E-state index is 13.8. The molecular formula is C28H39BF2N4O5. The number of rotatable bonds is 9. The molecular weight excluding hydrogens is 521 g/mol. The van der Waals surface area contributed by atoms with Crippen LogP contribution >= 0.6 is 0 Å². The molecule has 0 spiro atoms. The molecule has 0 unspecified atom stereocenters. The highest BCUT2D eigenvalue weighted by molar-refractivity contribution is 6.43. The fourth-order valence-electron chi connectivity index (χ4n) is 5.16. The number of halogens is 2. The third-order valence-corrected chi connectivity index (χ3v) is 7.62. The monoisotopic (exact) mass is 560 g/mol. The Morgan fingerprint density at radius 3 is 2.55 bits per heavy atom. The van der Waals surface area contributed by atoms with Crippen LogP contribution in [0.4, 0.5) is 13.6 Å². The summed E-state index contributed by atoms with van der Waals surface area (Å²) in [5.41, 5.74) is 0.782. The molecule has 218 valence electrons. The third kappa shape index (κ3) is 8.75. The molecule has 0 aromatic heterocycles. The van der Waals surface area contributed by atoms with E-state index in [2.05, 4.69) is 5.32 Å². The Kier molecular flexibility index (Phi) is 10.7. The summed E-state index contributed by atoms with van der Waals surface area (Å²) in [5, 5.41) is 31.9. The fraction of sp³-hybridized carbons (Fsp3) is 0.607. The van der Waals surface area contributed by atoms with Crippen molar-refractivity contribution in [2.45, 2.75) is 82.7 Å². The van der Waals surface area contributed by atoms with Crippen LogP contribution in [0.25, 0.3) is 0 Å². The second-order valence-electron chi connectivity index (χ2n) is 11.3. The summed E-state index contributed by atoms with van der Waals surface area (Å²) in [6.45, 7) is 5.28. The Labute approximate surface area is 234 Å². The average Bonchev–Trinajstić information content (AvgIpc) is 3.12. The lowest BCUT2D eigenvalue weighted by molar-refractivity contribution is -0.129. The number of nitrogens with one attached hydrogen (secondary N) is 1. The van der Waals surface area contributed by atoms with Gasteiger partial charge in [0.05, 0.1) is 18.5 Å². The molecule has 40 heavy (non-hydrogen) atoms. The number of amides is 2. The molecule has 2 fully saturated rings. The number of carbonyl (C=O) groups excluding carboxylic acids is 2. The number of benzene rings is 1. The standard InChI is InChI=1S/C28H39BF2N4O5/c1-20-8-10-21(11-9-20)15-24(29(38)39)33-26(37)40-18-23-7-5-4-6-13-35(23)25(36)22(17-32)16-27(2,3)34-14-12-28(30,31)19-34/h8-11,16,23-24,38-39H,4-7,12-15,18-19H2,1-3H3,(H,33,37)/b22-16+/t23-,24-/m0/s1. The normalized spacial score (nSPS) is 20.8. The van der Waals surface area contributed by atoms with E-state index in [0.717, 1.165) is 24.0 Å². The number of hydrogen-bond donors (Lipinski definition) is 3. The Bertz CT molecular complexity index is 1110. The first-order chi connectivity index (χ1) is 18.8. The van der Waals surface area contributed by atoms with Crippen molar-refractivity contribution in [1.29, 1.82) is 5.26 Å². The minimum Gasteiger partial charge on any atom is -0.447 e. The molecule has 12 heteroatoms. The molecule has 1 aromatic carbocycles. The van der Waals surface area contributed by atoms with Crippen molar-refractivity contribution < 1.29 is 33.2 Å². The number of likely N-dealkylation sites (tertiary alicyclic amines) is 2. The fourth-order valence-corrected chi connectivity index (χ4v) is 5.16.